The summed E-state index contributed by atoms with van der Waals surface area (Å²) in [7, 11) is -4.25. The summed E-state index contributed by atoms with van der Waals surface area (Å²) in [6.07, 6.45) is -0.764. The van der Waals surface area contributed by atoms with Crippen molar-refractivity contribution in [2.45, 2.75) is 29.4 Å². The van der Waals surface area contributed by atoms with Crippen molar-refractivity contribution >= 4 is 33.3 Å². The molecule has 2 aliphatic rings. The van der Waals surface area contributed by atoms with Crippen LogP contribution in [0.1, 0.15) is 19.3 Å². The molecule has 8 nitrogen and oxygen atoms in total. The molecule has 4 rings (SSSR count). The molecule has 5 atom stereocenters. The second-order valence-corrected chi connectivity index (χ2v) is 11.8. The van der Waals surface area contributed by atoms with E-state index in [0.717, 1.165) is 30.3 Å². The highest BCUT2D eigenvalue weighted by atomic mass is 35.5. The lowest BCUT2D eigenvalue weighted by atomic mass is 9.71. The summed E-state index contributed by atoms with van der Waals surface area (Å²) < 4.78 is 59.5. The van der Waals surface area contributed by atoms with E-state index in [1.54, 1.807) is 0 Å². The van der Waals surface area contributed by atoms with Crippen LogP contribution in [0.5, 0.6) is 5.75 Å². The van der Waals surface area contributed by atoms with Gasteiger partial charge in [0.05, 0.1) is 33.3 Å². The number of ether oxygens (including phenoxy) is 1. The number of carbonyl (C=O) groups is 2. The Kier molecular flexibility index (Phi) is 6.47. The summed E-state index contributed by atoms with van der Waals surface area (Å²) in [4.78, 5) is 24.5. The maximum absolute atomic E-state index is 13.5. The van der Waals surface area contributed by atoms with Gasteiger partial charge < -0.3 is 15.6 Å². The summed E-state index contributed by atoms with van der Waals surface area (Å²) in [6.45, 7) is -0.280. The van der Waals surface area contributed by atoms with Gasteiger partial charge in [-0.2, -0.15) is 5.26 Å². The normalized spacial score (nSPS) is 29.3. The molecule has 0 heterocycles. The average molecular weight is 539 g/mol. The second kappa shape index (κ2) is 9.01. The first-order chi connectivity index (χ1) is 16.9. The van der Waals surface area contributed by atoms with Crippen LogP contribution in [0.3, 0.4) is 0 Å². The number of carboxylic acids is 1. The van der Waals surface area contributed by atoms with Crippen molar-refractivity contribution in [2.75, 3.05) is 6.61 Å². The summed E-state index contributed by atoms with van der Waals surface area (Å²) >= 11 is 6.01. The van der Waals surface area contributed by atoms with Crippen molar-refractivity contribution in [1.82, 2.24) is 0 Å². The Bertz CT molecular complexity index is 1380. The first-order valence-electron chi connectivity index (χ1n) is 10.9. The van der Waals surface area contributed by atoms with E-state index in [4.69, 9.17) is 22.1 Å². The Labute approximate surface area is 210 Å². The van der Waals surface area contributed by atoms with E-state index in [1.165, 1.54) is 12.1 Å². The third kappa shape index (κ3) is 4.08. The molecule has 12 heteroatoms. The Morgan fingerprint density at radius 3 is 2.33 bits per heavy atom. The quantitative estimate of drug-likeness (QED) is 0.490. The monoisotopic (exact) mass is 538 g/mol. The summed E-state index contributed by atoms with van der Waals surface area (Å²) in [5.74, 6) is -5.41. The van der Waals surface area contributed by atoms with Crippen molar-refractivity contribution in [3.05, 3.63) is 59.1 Å². The van der Waals surface area contributed by atoms with Gasteiger partial charge in [-0.1, -0.05) is 11.6 Å². The van der Waals surface area contributed by atoms with Gasteiger partial charge in [-0.3, -0.25) is 9.59 Å². The number of nitrogens with zero attached hydrogens (tertiary/aromatic N) is 1. The number of nitrogens with two attached hydrogens (primary N) is 1. The Hall–Kier alpha value is -3.23. The molecule has 0 bridgehead atoms. The number of nitriles is 1. The van der Waals surface area contributed by atoms with E-state index in [2.05, 4.69) is 0 Å². The summed E-state index contributed by atoms with van der Waals surface area (Å²) in [5.41, 5.74) is 1.85. The van der Waals surface area contributed by atoms with Crippen LogP contribution >= 0.6 is 11.6 Å². The molecule has 2 aromatic carbocycles. The first-order valence-corrected chi connectivity index (χ1v) is 12.8. The number of carbonyl (C=O) groups excluding carboxylic acids is 1. The van der Waals surface area contributed by atoms with E-state index in [0.29, 0.717) is 0 Å². The zero-order valence-electron chi connectivity index (χ0n) is 18.7. The fraction of sp³-hybridized carbons (Fsp3) is 0.375. The predicted octanol–water partition coefficient (Wildman–Crippen LogP) is 3.34. The second-order valence-electron chi connectivity index (χ2n) is 9.19. The molecule has 2 aromatic rings. The molecular formula is C24H21ClF2N2O6S. The maximum Gasteiger partial charge on any atom is 0.310 e. The van der Waals surface area contributed by atoms with Crippen molar-refractivity contribution in [3.63, 3.8) is 0 Å². The molecule has 2 unspecified atom stereocenters. The molecule has 0 radical (unpaired) electrons. The molecule has 0 aliphatic heterocycles. The summed E-state index contributed by atoms with van der Waals surface area (Å²) in [6, 6.07) is 9.57. The fourth-order valence-electron chi connectivity index (χ4n) is 5.39. The standard InChI is InChI=1S/C24H21ClF2N2O6S/c25-18-8-15(27)3-6-19(18)36(33,34)17-7-13(11-35-16-4-1-14(26)2-5-16)24(9-17,22(31)32)20-10-23(20,12-28)21(29)30/h1-6,8,13,17,20H,7,9-11H2,(H2,29,30)(H,31,32)/t13-,17+,20?,23?,24-/m0/s1. The van der Waals surface area contributed by atoms with Gasteiger partial charge >= 0.3 is 5.97 Å². The molecule has 2 aliphatic carbocycles. The van der Waals surface area contributed by atoms with Crippen molar-refractivity contribution in [1.29, 1.82) is 5.26 Å². The number of amides is 1. The number of sulfone groups is 1. The van der Waals surface area contributed by atoms with Crippen LogP contribution in [0.4, 0.5) is 8.78 Å². The molecule has 0 spiro atoms. The average Bonchev–Trinajstić information content (AvgIpc) is 3.44. The highest BCUT2D eigenvalue weighted by Crippen LogP contribution is 2.68. The number of aliphatic carboxylic acids is 1. The molecule has 1 amide bonds. The van der Waals surface area contributed by atoms with Gasteiger partial charge in [0.1, 0.15) is 22.8 Å². The first kappa shape index (κ1) is 25.9. The molecule has 2 fully saturated rings. The van der Waals surface area contributed by atoms with E-state index < -0.39 is 67.7 Å². The van der Waals surface area contributed by atoms with Gasteiger partial charge in [0.2, 0.25) is 5.91 Å². The summed E-state index contributed by atoms with van der Waals surface area (Å²) in [5, 5.41) is 18.4. The number of primary amides is 1. The molecule has 0 saturated heterocycles. The van der Waals surface area contributed by atoms with Gasteiger partial charge in [-0.05, 0) is 61.7 Å². The number of hydrogen-bond acceptors (Lipinski definition) is 6. The third-order valence-corrected chi connectivity index (χ3v) is 10.00. The van der Waals surface area contributed by atoms with Crippen LogP contribution in [-0.4, -0.2) is 37.3 Å². The number of benzene rings is 2. The van der Waals surface area contributed by atoms with Crippen LogP contribution < -0.4 is 10.5 Å². The zero-order valence-corrected chi connectivity index (χ0v) is 20.2. The largest absolute Gasteiger partial charge is 0.493 e. The minimum Gasteiger partial charge on any atom is -0.493 e. The minimum atomic E-state index is -4.25. The maximum atomic E-state index is 13.5. The van der Waals surface area contributed by atoms with Crippen LogP contribution in [0.15, 0.2) is 47.4 Å². The van der Waals surface area contributed by atoms with E-state index in [1.807, 2.05) is 6.07 Å². The van der Waals surface area contributed by atoms with Gasteiger partial charge in [-0.25, -0.2) is 17.2 Å². The topological polar surface area (TPSA) is 148 Å². The molecular weight excluding hydrogens is 518 g/mol. The van der Waals surface area contributed by atoms with E-state index in [-0.39, 0.29) is 35.1 Å². The highest BCUT2D eigenvalue weighted by molar-refractivity contribution is 7.92. The van der Waals surface area contributed by atoms with Crippen LogP contribution in [0.25, 0.3) is 0 Å². The molecule has 190 valence electrons. The van der Waals surface area contributed by atoms with Gasteiger partial charge in [0.25, 0.3) is 0 Å². The molecule has 2 saturated carbocycles. The van der Waals surface area contributed by atoms with E-state index >= 15 is 0 Å². The van der Waals surface area contributed by atoms with Crippen LogP contribution in [-0.2, 0) is 19.4 Å². The van der Waals surface area contributed by atoms with Crippen molar-refractivity contribution < 1.29 is 36.6 Å². The predicted molar refractivity (Wildman–Crippen MR) is 122 cm³/mol. The smallest absolute Gasteiger partial charge is 0.310 e. The van der Waals surface area contributed by atoms with Crippen molar-refractivity contribution in [2.24, 2.45) is 28.4 Å². The van der Waals surface area contributed by atoms with Crippen LogP contribution in [0.2, 0.25) is 5.02 Å². The van der Waals surface area contributed by atoms with E-state index in [9.17, 15) is 37.2 Å². The Morgan fingerprint density at radius 2 is 1.81 bits per heavy atom. The Morgan fingerprint density at radius 1 is 1.17 bits per heavy atom. The third-order valence-electron chi connectivity index (χ3n) is 7.37. The highest BCUT2D eigenvalue weighted by Gasteiger charge is 2.75. The fourth-order valence-corrected chi connectivity index (χ4v) is 7.81. The lowest BCUT2D eigenvalue weighted by Gasteiger charge is -2.32. The number of hydrogen-bond donors (Lipinski definition) is 2. The zero-order chi connectivity index (χ0) is 26.5. The minimum absolute atomic E-state index is 0.137. The van der Waals surface area contributed by atoms with Gasteiger partial charge in [-0.15, -0.1) is 0 Å². The number of halogens is 3. The molecule has 36 heavy (non-hydrogen) atoms. The van der Waals surface area contributed by atoms with Gasteiger partial charge in [0, 0.05) is 11.8 Å². The van der Waals surface area contributed by atoms with Crippen LogP contribution in [0, 0.1) is 45.6 Å². The Balaban J connectivity index is 1.74. The lowest BCUT2D eigenvalue weighted by Crippen LogP contribution is -2.43. The molecule has 3 N–H and O–H groups in total. The SMILES string of the molecule is N#CC1(C(N)=O)CC1[C@]1(C(=O)O)C[C@H](S(=O)(=O)c2ccc(F)cc2Cl)C[C@H]1COc1ccc(F)cc1. The van der Waals surface area contributed by atoms with Gasteiger partial charge in [0.15, 0.2) is 9.84 Å². The molecule has 0 aromatic heterocycles. The number of rotatable bonds is 8. The number of carboxylic acid groups (broad SMARTS) is 1. The van der Waals surface area contributed by atoms with Crippen molar-refractivity contribution in [3.8, 4) is 11.8 Å². The lowest BCUT2D eigenvalue weighted by molar-refractivity contribution is -0.154.